The molecule has 0 bridgehead atoms. The van der Waals surface area contributed by atoms with Crippen LogP contribution in [0.3, 0.4) is 0 Å². The van der Waals surface area contributed by atoms with E-state index in [9.17, 15) is 4.79 Å². The first kappa shape index (κ1) is 19.3. The summed E-state index contributed by atoms with van der Waals surface area (Å²) in [6, 6.07) is 0. The van der Waals surface area contributed by atoms with Crippen LogP contribution in [0.4, 0.5) is 4.79 Å². The quantitative estimate of drug-likeness (QED) is 0.347. The third kappa shape index (κ3) is 12.3. The van der Waals surface area contributed by atoms with Crippen LogP contribution >= 0.6 is 0 Å². The van der Waals surface area contributed by atoms with Gasteiger partial charge in [-0.3, -0.25) is 0 Å². The van der Waals surface area contributed by atoms with E-state index in [1.54, 1.807) is 0 Å². The molecule has 20 heavy (non-hydrogen) atoms. The van der Waals surface area contributed by atoms with Gasteiger partial charge in [0.2, 0.25) is 0 Å². The average Bonchev–Trinajstić information content (AvgIpc) is 2.45. The van der Waals surface area contributed by atoms with Crippen LogP contribution in [0, 0.1) is 11.8 Å². The lowest BCUT2D eigenvalue weighted by molar-refractivity contribution is 0.0526. The molecule has 0 heterocycles. The normalized spacial score (nSPS) is 13.8. The van der Waals surface area contributed by atoms with E-state index in [2.05, 4.69) is 27.7 Å². The van der Waals surface area contributed by atoms with Crippen LogP contribution in [0.15, 0.2) is 0 Å². The predicted molar refractivity (Wildman–Crippen MR) is 83.9 cm³/mol. The van der Waals surface area contributed by atoms with Crippen LogP contribution < -0.4 is 0 Å². The molecule has 2 atom stereocenters. The van der Waals surface area contributed by atoms with E-state index in [4.69, 9.17) is 9.47 Å². The summed E-state index contributed by atoms with van der Waals surface area (Å²) in [4.78, 5) is 11.3. The van der Waals surface area contributed by atoms with E-state index < -0.39 is 6.16 Å². The minimum Gasteiger partial charge on any atom is -0.434 e. The Balaban J connectivity index is 3.29. The van der Waals surface area contributed by atoms with E-state index in [1.807, 2.05) is 0 Å². The molecule has 2 unspecified atom stereocenters. The van der Waals surface area contributed by atoms with Gasteiger partial charge in [-0.25, -0.2) is 4.79 Å². The summed E-state index contributed by atoms with van der Waals surface area (Å²) in [6.07, 6.45) is 8.49. The molecular formula is C17H34O3. The highest BCUT2D eigenvalue weighted by Crippen LogP contribution is 2.12. The number of unbranched alkanes of at least 4 members (excludes halogenated alkanes) is 2. The van der Waals surface area contributed by atoms with Crippen LogP contribution in [0.1, 0.15) is 79.1 Å². The zero-order chi connectivity index (χ0) is 15.2. The molecule has 0 saturated carbocycles. The van der Waals surface area contributed by atoms with Crippen molar-refractivity contribution in [2.75, 3.05) is 13.2 Å². The molecule has 0 aliphatic carbocycles. The van der Waals surface area contributed by atoms with Gasteiger partial charge < -0.3 is 9.47 Å². The van der Waals surface area contributed by atoms with Gasteiger partial charge in [0.15, 0.2) is 0 Å². The van der Waals surface area contributed by atoms with Crippen LogP contribution in [0.2, 0.25) is 0 Å². The van der Waals surface area contributed by atoms with Crippen molar-refractivity contribution in [2.45, 2.75) is 79.1 Å². The van der Waals surface area contributed by atoms with Crippen molar-refractivity contribution in [1.82, 2.24) is 0 Å². The minimum atomic E-state index is -0.503. The van der Waals surface area contributed by atoms with Gasteiger partial charge in [-0.15, -0.1) is 0 Å². The topological polar surface area (TPSA) is 35.5 Å². The smallest absolute Gasteiger partial charge is 0.434 e. The molecular weight excluding hydrogens is 252 g/mol. The van der Waals surface area contributed by atoms with Crippen molar-refractivity contribution in [1.29, 1.82) is 0 Å². The average molecular weight is 286 g/mol. The molecule has 0 aromatic carbocycles. The SMILES string of the molecule is CCC(C)CCCCOC(=O)OCCCCC(C)CC. The Morgan fingerprint density at radius 3 is 1.55 bits per heavy atom. The van der Waals surface area contributed by atoms with E-state index in [-0.39, 0.29) is 0 Å². The highest BCUT2D eigenvalue weighted by molar-refractivity contribution is 5.59. The predicted octanol–water partition coefficient (Wildman–Crippen LogP) is 5.57. The molecule has 0 aromatic rings. The van der Waals surface area contributed by atoms with Gasteiger partial charge in [0.1, 0.15) is 0 Å². The summed E-state index contributed by atoms with van der Waals surface area (Å²) in [6.45, 7) is 9.91. The summed E-state index contributed by atoms with van der Waals surface area (Å²) >= 11 is 0. The molecule has 0 spiro atoms. The van der Waals surface area contributed by atoms with Crippen molar-refractivity contribution in [3.8, 4) is 0 Å². The standard InChI is InChI=1S/C17H34O3/c1-5-15(3)11-7-9-13-19-17(18)20-14-10-8-12-16(4)6-2/h15-16H,5-14H2,1-4H3. The van der Waals surface area contributed by atoms with Gasteiger partial charge in [-0.1, -0.05) is 53.4 Å². The summed E-state index contributed by atoms with van der Waals surface area (Å²) in [7, 11) is 0. The van der Waals surface area contributed by atoms with Crippen LogP contribution in [-0.4, -0.2) is 19.4 Å². The summed E-state index contributed by atoms with van der Waals surface area (Å²) in [5.74, 6) is 1.54. The molecule has 0 radical (unpaired) electrons. The summed E-state index contributed by atoms with van der Waals surface area (Å²) in [5, 5.41) is 0. The Bertz CT molecular complexity index is 206. The molecule has 0 aliphatic heterocycles. The second-order valence-corrected chi connectivity index (χ2v) is 5.97. The third-order valence-corrected chi connectivity index (χ3v) is 4.02. The van der Waals surface area contributed by atoms with Gasteiger partial charge in [-0.2, -0.15) is 0 Å². The Labute approximate surface area is 125 Å². The molecule has 0 amide bonds. The highest BCUT2D eigenvalue weighted by atomic mass is 16.7. The largest absolute Gasteiger partial charge is 0.508 e. The van der Waals surface area contributed by atoms with E-state index in [1.165, 1.54) is 25.7 Å². The monoisotopic (exact) mass is 286 g/mol. The third-order valence-electron chi connectivity index (χ3n) is 4.02. The van der Waals surface area contributed by atoms with Crippen LogP contribution in [0.5, 0.6) is 0 Å². The second-order valence-electron chi connectivity index (χ2n) is 5.97. The van der Waals surface area contributed by atoms with Crippen molar-refractivity contribution in [3.63, 3.8) is 0 Å². The first-order chi connectivity index (χ1) is 9.60. The molecule has 120 valence electrons. The summed E-state index contributed by atoms with van der Waals surface area (Å²) < 4.78 is 10.1. The maximum absolute atomic E-state index is 11.3. The van der Waals surface area contributed by atoms with Gasteiger partial charge in [0.05, 0.1) is 13.2 Å². The summed E-state index contributed by atoms with van der Waals surface area (Å²) in [5.41, 5.74) is 0. The Morgan fingerprint density at radius 2 is 1.20 bits per heavy atom. The van der Waals surface area contributed by atoms with Gasteiger partial charge in [0.25, 0.3) is 0 Å². The molecule has 3 heteroatoms. The number of rotatable bonds is 12. The fraction of sp³-hybridized carbons (Fsp3) is 0.941. The minimum absolute atomic E-state index is 0.488. The molecule has 0 aliphatic rings. The zero-order valence-electron chi connectivity index (χ0n) is 14.0. The van der Waals surface area contributed by atoms with Crippen molar-refractivity contribution >= 4 is 6.16 Å². The molecule has 3 nitrogen and oxygen atoms in total. The van der Waals surface area contributed by atoms with Gasteiger partial charge in [-0.05, 0) is 37.5 Å². The zero-order valence-corrected chi connectivity index (χ0v) is 14.0. The lowest BCUT2D eigenvalue weighted by Crippen LogP contribution is -2.10. The van der Waals surface area contributed by atoms with E-state index in [0.717, 1.165) is 37.5 Å². The maximum Gasteiger partial charge on any atom is 0.508 e. The van der Waals surface area contributed by atoms with Gasteiger partial charge in [0, 0.05) is 0 Å². The van der Waals surface area contributed by atoms with Gasteiger partial charge >= 0.3 is 6.16 Å². The van der Waals surface area contributed by atoms with Crippen LogP contribution in [0.25, 0.3) is 0 Å². The fourth-order valence-corrected chi connectivity index (χ4v) is 1.95. The number of hydrogen-bond donors (Lipinski definition) is 0. The lowest BCUT2D eigenvalue weighted by Gasteiger charge is -2.09. The molecule has 0 rings (SSSR count). The molecule has 0 N–H and O–H groups in total. The number of ether oxygens (including phenoxy) is 2. The number of hydrogen-bond acceptors (Lipinski definition) is 3. The number of carbonyl (C=O) groups is 1. The highest BCUT2D eigenvalue weighted by Gasteiger charge is 2.04. The number of carbonyl (C=O) groups excluding carboxylic acids is 1. The Kier molecular flexibility index (Phi) is 12.8. The Hall–Kier alpha value is -0.730. The molecule has 0 aromatic heterocycles. The molecule has 0 saturated heterocycles. The van der Waals surface area contributed by atoms with Crippen LogP contribution in [-0.2, 0) is 9.47 Å². The maximum atomic E-state index is 11.3. The lowest BCUT2D eigenvalue weighted by atomic mass is 10.0. The Morgan fingerprint density at radius 1 is 0.800 bits per heavy atom. The first-order valence-electron chi connectivity index (χ1n) is 8.39. The van der Waals surface area contributed by atoms with E-state index in [0.29, 0.717) is 13.2 Å². The van der Waals surface area contributed by atoms with Crippen molar-refractivity contribution < 1.29 is 14.3 Å². The second kappa shape index (κ2) is 13.3. The fourth-order valence-electron chi connectivity index (χ4n) is 1.95. The van der Waals surface area contributed by atoms with E-state index >= 15 is 0 Å². The molecule has 0 fully saturated rings. The first-order valence-corrected chi connectivity index (χ1v) is 8.39. The van der Waals surface area contributed by atoms with Crippen molar-refractivity contribution in [3.05, 3.63) is 0 Å². The van der Waals surface area contributed by atoms with Crippen molar-refractivity contribution in [2.24, 2.45) is 11.8 Å².